The smallest absolute Gasteiger partial charge is 0.309 e. The predicted molar refractivity (Wildman–Crippen MR) is 114 cm³/mol. The van der Waals surface area contributed by atoms with Crippen molar-refractivity contribution >= 4 is 17.8 Å². The van der Waals surface area contributed by atoms with Gasteiger partial charge in [-0.25, -0.2) is 4.39 Å². The lowest BCUT2D eigenvalue weighted by molar-refractivity contribution is -0.153. The van der Waals surface area contributed by atoms with Crippen molar-refractivity contribution in [2.45, 2.75) is 25.7 Å². The summed E-state index contributed by atoms with van der Waals surface area (Å²) in [4.78, 5) is 38.4. The number of rotatable bonds is 7. The van der Waals surface area contributed by atoms with E-state index < -0.39 is 11.8 Å². The summed E-state index contributed by atoms with van der Waals surface area (Å²) < 4.78 is 18.2. The normalized spacial score (nSPS) is 15.2. The largest absolute Gasteiger partial charge is 0.455 e. The number of carbonyl (C=O) groups is 3. The van der Waals surface area contributed by atoms with Gasteiger partial charge < -0.3 is 15.0 Å². The maximum absolute atomic E-state index is 13.0. The SMILES string of the molecule is C[C@H](CNC(=O)COC(=O)C1CCN(C(=O)c2ccc(F)cc2)CC1)c1ccccc1. The first-order valence-corrected chi connectivity index (χ1v) is 10.5. The van der Waals surface area contributed by atoms with Crippen LogP contribution in [0.1, 0.15) is 41.6 Å². The van der Waals surface area contributed by atoms with Gasteiger partial charge in [-0.3, -0.25) is 14.4 Å². The number of nitrogens with zero attached hydrogens (tertiary/aromatic N) is 1. The molecule has 2 aromatic rings. The van der Waals surface area contributed by atoms with E-state index in [0.29, 0.717) is 38.0 Å². The molecule has 1 fully saturated rings. The zero-order valence-electron chi connectivity index (χ0n) is 17.6. The highest BCUT2D eigenvalue weighted by Gasteiger charge is 2.29. The van der Waals surface area contributed by atoms with Crippen LogP contribution >= 0.6 is 0 Å². The lowest BCUT2D eigenvalue weighted by Crippen LogP contribution is -2.41. The van der Waals surface area contributed by atoms with Gasteiger partial charge in [-0.05, 0) is 48.6 Å². The van der Waals surface area contributed by atoms with Crippen LogP contribution in [0.3, 0.4) is 0 Å². The first-order valence-electron chi connectivity index (χ1n) is 10.5. The number of nitrogens with one attached hydrogen (secondary N) is 1. The molecule has 2 aromatic carbocycles. The Morgan fingerprint density at radius 3 is 2.35 bits per heavy atom. The molecule has 1 heterocycles. The van der Waals surface area contributed by atoms with Gasteiger partial charge in [-0.2, -0.15) is 0 Å². The second-order valence-corrected chi connectivity index (χ2v) is 7.80. The Labute approximate surface area is 181 Å². The first-order chi connectivity index (χ1) is 14.9. The van der Waals surface area contributed by atoms with Crippen molar-refractivity contribution in [2.75, 3.05) is 26.2 Å². The molecule has 2 amide bonds. The summed E-state index contributed by atoms with van der Waals surface area (Å²) in [6, 6.07) is 15.3. The molecule has 0 saturated carbocycles. The fourth-order valence-electron chi connectivity index (χ4n) is 3.57. The van der Waals surface area contributed by atoms with Crippen molar-refractivity contribution < 1.29 is 23.5 Å². The van der Waals surface area contributed by atoms with E-state index in [0.717, 1.165) is 5.56 Å². The van der Waals surface area contributed by atoms with E-state index >= 15 is 0 Å². The van der Waals surface area contributed by atoms with E-state index in [1.807, 2.05) is 37.3 Å². The molecule has 1 saturated heterocycles. The Bertz CT molecular complexity index is 894. The van der Waals surface area contributed by atoms with Gasteiger partial charge in [0.15, 0.2) is 6.61 Å². The molecule has 31 heavy (non-hydrogen) atoms. The third-order valence-electron chi connectivity index (χ3n) is 5.53. The fourth-order valence-corrected chi connectivity index (χ4v) is 3.57. The number of halogens is 1. The third kappa shape index (κ3) is 6.38. The lowest BCUT2D eigenvalue weighted by atomic mass is 9.96. The van der Waals surface area contributed by atoms with Gasteiger partial charge in [-0.1, -0.05) is 37.3 Å². The quantitative estimate of drug-likeness (QED) is 0.691. The summed E-state index contributed by atoms with van der Waals surface area (Å²) in [6.07, 6.45) is 0.941. The van der Waals surface area contributed by atoms with Crippen LogP contribution in [0.25, 0.3) is 0 Å². The number of piperidine rings is 1. The molecule has 3 rings (SSSR count). The number of ether oxygens (including phenoxy) is 1. The van der Waals surface area contributed by atoms with Crippen LogP contribution in [0.15, 0.2) is 54.6 Å². The molecule has 0 bridgehead atoms. The van der Waals surface area contributed by atoms with Crippen LogP contribution < -0.4 is 5.32 Å². The summed E-state index contributed by atoms with van der Waals surface area (Å²) in [5.41, 5.74) is 1.55. The fraction of sp³-hybridized carbons (Fsp3) is 0.375. The molecule has 0 spiro atoms. The number of carbonyl (C=O) groups excluding carboxylic acids is 3. The van der Waals surface area contributed by atoms with E-state index in [1.165, 1.54) is 24.3 Å². The maximum atomic E-state index is 13.0. The Balaban J connectivity index is 1.37. The molecule has 6 nitrogen and oxygen atoms in total. The van der Waals surface area contributed by atoms with Gasteiger partial charge in [0.2, 0.25) is 0 Å². The predicted octanol–water partition coefficient (Wildman–Crippen LogP) is 3.14. The summed E-state index contributed by atoms with van der Waals surface area (Å²) in [5.74, 6) is -1.51. The average Bonchev–Trinajstić information content (AvgIpc) is 2.81. The molecule has 0 radical (unpaired) electrons. The van der Waals surface area contributed by atoms with Crippen LogP contribution in [0, 0.1) is 11.7 Å². The molecule has 0 aromatic heterocycles. The number of likely N-dealkylation sites (tertiary alicyclic amines) is 1. The van der Waals surface area contributed by atoms with Crippen LogP contribution in [0.5, 0.6) is 0 Å². The van der Waals surface area contributed by atoms with Gasteiger partial charge in [-0.15, -0.1) is 0 Å². The van der Waals surface area contributed by atoms with E-state index in [9.17, 15) is 18.8 Å². The summed E-state index contributed by atoms with van der Waals surface area (Å²) in [5, 5.41) is 2.79. The minimum atomic E-state index is -0.417. The van der Waals surface area contributed by atoms with Crippen molar-refractivity contribution in [3.05, 3.63) is 71.5 Å². The third-order valence-corrected chi connectivity index (χ3v) is 5.53. The minimum Gasteiger partial charge on any atom is -0.455 e. The van der Waals surface area contributed by atoms with Gasteiger partial charge in [0.05, 0.1) is 5.92 Å². The Kier molecular flexibility index (Phi) is 7.76. The van der Waals surface area contributed by atoms with E-state index in [4.69, 9.17) is 4.74 Å². The molecule has 7 heteroatoms. The minimum absolute atomic E-state index is 0.156. The molecular weight excluding hydrogens is 399 g/mol. The van der Waals surface area contributed by atoms with Gasteiger partial charge in [0, 0.05) is 25.2 Å². The molecular formula is C24H27FN2O4. The van der Waals surface area contributed by atoms with Gasteiger partial charge >= 0.3 is 5.97 Å². The van der Waals surface area contributed by atoms with E-state index in [-0.39, 0.29) is 30.3 Å². The number of esters is 1. The van der Waals surface area contributed by atoms with E-state index in [2.05, 4.69) is 5.32 Å². The van der Waals surface area contributed by atoms with Crippen molar-refractivity contribution in [3.63, 3.8) is 0 Å². The van der Waals surface area contributed by atoms with Crippen LogP contribution in [-0.4, -0.2) is 48.9 Å². The Hall–Kier alpha value is -3.22. The van der Waals surface area contributed by atoms with Gasteiger partial charge in [0.25, 0.3) is 11.8 Å². The number of amides is 2. The zero-order valence-corrected chi connectivity index (χ0v) is 17.6. The molecule has 1 N–H and O–H groups in total. The van der Waals surface area contributed by atoms with Crippen molar-refractivity contribution in [1.82, 2.24) is 10.2 Å². The van der Waals surface area contributed by atoms with Crippen LogP contribution in [-0.2, 0) is 14.3 Å². The Morgan fingerprint density at radius 1 is 1.06 bits per heavy atom. The second kappa shape index (κ2) is 10.7. The first kappa shape index (κ1) is 22.5. The molecule has 164 valence electrons. The van der Waals surface area contributed by atoms with Crippen LogP contribution in [0.4, 0.5) is 4.39 Å². The standard InChI is InChI=1S/C24H27FN2O4/c1-17(18-5-3-2-4-6-18)15-26-22(28)16-31-24(30)20-11-13-27(14-12-20)23(29)19-7-9-21(25)10-8-19/h2-10,17,20H,11-16H2,1H3,(H,26,28)/t17-/m1/s1. The highest BCUT2D eigenvalue weighted by molar-refractivity contribution is 5.94. The monoisotopic (exact) mass is 426 g/mol. The Morgan fingerprint density at radius 2 is 1.71 bits per heavy atom. The maximum Gasteiger partial charge on any atom is 0.309 e. The molecule has 1 aliphatic heterocycles. The highest BCUT2D eigenvalue weighted by Crippen LogP contribution is 2.20. The molecule has 0 aliphatic carbocycles. The molecule has 1 atom stereocenters. The number of hydrogen-bond acceptors (Lipinski definition) is 4. The van der Waals surface area contributed by atoms with E-state index in [1.54, 1.807) is 4.90 Å². The van der Waals surface area contributed by atoms with Gasteiger partial charge in [0.1, 0.15) is 5.82 Å². The van der Waals surface area contributed by atoms with Crippen LogP contribution in [0.2, 0.25) is 0 Å². The average molecular weight is 426 g/mol. The summed E-state index contributed by atoms with van der Waals surface area (Å²) in [6.45, 7) is 3.00. The zero-order chi connectivity index (χ0) is 22.2. The second-order valence-electron chi connectivity index (χ2n) is 7.80. The molecule has 1 aliphatic rings. The van der Waals surface area contributed by atoms with Crippen molar-refractivity contribution in [2.24, 2.45) is 5.92 Å². The molecule has 0 unspecified atom stereocenters. The highest BCUT2D eigenvalue weighted by atomic mass is 19.1. The number of benzene rings is 2. The van der Waals surface area contributed by atoms with Crippen molar-refractivity contribution in [3.8, 4) is 0 Å². The summed E-state index contributed by atoms with van der Waals surface area (Å²) >= 11 is 0. The summed E-state index contributed by atoms with van der Waals surface area (Å²) in [7, 11) is 0. The van der Waals surface area contributed by atoms with Crippen molar-refractivity contribution in [1.29, 1.82) is 0 Å². The lowest BCUT2D eigenvalue weighted by Gasteiger charge is -2.31. The topological polar surface area (TPSA) is 75.7 Å². The number of hydrogen-bond donors (Lipinski definition) is 1.